The van der Waals surface area contributed by atoms with Crippen molar-refractivity contribution in [2.45, 2.75) is 58.3 Å². The summed E-state index contributed by atoms with van der Waals surface area (Å²) < 4.78 is 0. The molecule has 5 unspecified atom stereocenters. The van der Waals surface area contributed by atoms with Gasteiger partial charge in [0.2, 0.25) is 0 Å². The highest BCUT2D eigenvalue weighted by Crippen LogP contribution is 2.55. The van der Waals surface area contributed by atoms with Crippen LogP contribution in [0.4, 0.5) is 0 Å². The maximum Gasteiger partial charge on any atom is -0.0352 e. The molecule has 0 radical (unpaired) electrons. The SMILES string of the molecule is CC1CCCC2C1CC1CCCCC12.O. The van der Waals surface area contributed by atoms with Crippen LogP contribution in [0.5, 0.6) is 0 Å². The molecule has 3 fully saturated rings. The quantitative estimate of drug-likeness (QED) is 0.587. The van der Waals surface area contributed by atoms with E-state index >= 15 is 0 Å². The van der Waals surface area contributed by atoms with E-state index in [-0.39, 0.29) is 5.48 Å². The molecule has 88 valence electrons. The summed E-state index contributed by atoms with van der Waals surface area (Å²) in [5.74, 6) is 5.66. The Kier molecular flexibility index (Phi) is 3.39. The molecule has 2 N–H and O–H groups in total. The zero-order valence-corrected chi connectivity index (χ0v) is 10.0. The van der Waals surface area contributed by atoms with E-state index in [9.17, 15) is 0 Å². The van der Waals surface area contributed by atoms with Crippen LogP contribution >= 0.6 is 0 Å². The van der Waals surface area contributed by atoms with Crippen LogP contribution in [0.3, 0.4) is 0 Å². The van der Waals surface area contributed by atoms with Gasteiger partial charge in [-0.25, -0.2) is 0 Å². The van der Waals surface area contributed by atoms with Crippen molar-refractivity contribution in [1.29, 1.82) is 0 Å². The predicted octanol–water partition coefficient (Wildman–Crippen LogP) is 3.42. The molecule has 0 spiro atoms. The van der Waals surface area contributed by atoms with Gasteiger partial charge in [-0.2, -0.15) is 0 Å². The van der Waals surface area contributed by atoms with Gasteiger partial charge in [0, 0.05) is 0 Å². The Morgan fingerprint density at radius 1 is 0.733 bits per heavy atom. The minimum absolute atomic E-state index is 0. The van der Waals surface area contributed by atoms with Gasteiger partial charge in [-0.1, -0.05) is 39.0 Å². The van der Waals surface area contributed by atoms with Crippen LogP contribution in [0.1, 0.15) is 58.3 Å². The van der Waals surface area contributed by atoms with Crippen LogP contribution in [0.25, 0.3) is 0 Å². The minimum Gasteiger partial charge on any atom is -0.412 e. The summed E-state index contributed by atoms with van der Waals surface area (Å²) in [6.07, 6.45) is 12.5. The molecule has 0 aromatic heterocycles. The van der Waals surface area contributed by atoms with E-state index in [1.54, 1.807) is 32.1 Å². The Hall–Kier alpha value is -0.0400. The Balaban J connectivity index is 0.000000853. The van der Waals surface area contributed by atoms with E-state index in [0.717, 1.165) is 29.6 Å². The summed E-state index contributed by atoms with van der Waals surface area (Å²) in [6, 6.07) is 0. The lowest BCUT2D eigenvalue weighted by Crippen LogP contribution is -2.26. The summed E-state index contributed by atoms with van der Waals surface area (Å²) in [7, 11) is 0. The third kappa shape index (κ3) is 1.84. The maximum absolute atomic E-state index is 2.52. The molecule has 15 heavy (non-hydrogen) atoms. The third-order valence-electron chi connectivity index (χ3n) is 5.57. The molecule has 0 amide bonds. The topological polar surface area (TPSA) is 31.5 Å². The number of hydrogen-bond donors (Lipinski definition) is 0. The smallest absolute Gasteiger partial charge is 0.0352 e. The van der Waals surface area contributed by atoms with Gasteiger partial charge in [0.15, 0.2) is 0 Å². The second kappa shape index (κ2) is 4.45. The Bertz CT molecular complexity index is 211. The van der Waals surface area contributed by atoms with Crippen LogP contribution in [0.2, 0.25) is 0 Å². The Morgan fingerprint density at radius 2 is 1.47 bits per heavy atom. The van der Waals surface area contributed by atoms with Gasteiger partial charge in [0.05, 0.1) is 0 Å². The van der Waals surface area contributed by atoms with Gasteiger partial charge in [-0.3, -0.25) is 0 Å². The van der Waals surface area contributed by atoms with E-state index in [4.69, 9.17) is 0 Å². The van der Waals surface area contributed by atoms with Crippen LogP contribution in [-0.4, -0.2) is 5.48 Å². The lowest BCUT2D eigenvalue weighted by atomic mass is 9.70. The highest BCUT2D eigenvalue weighted by atomic mass is 16.0. The summed E-state index contributed by atoms with van der Waals surface area (Å²) in [4.78, 5) is 0. The lowest BCUT2D eigenvalue weighted by Gasteiger charge is -2.35. The minimum atomic E-state index is 0. The van der Waals surface area contributed by atoms with E-state index < -0.39 is 0 Å². The van der Waals surface area contributed by atoms with E-state index in [2.05, 4.69) is 6.92 Å². The number of rotatable bonds is 0. The fraction of sp³-hybridized carbons (Fsp3) is 1.00. The van der Waals surface area contributed by atoms with Crippen LogP contribution in [0.15, 0.2) is 0 Å². The van der Waals surface area contributed by atoms with E-state index in [1.807, 2.05) is 0 Å². The van der Waals surface area contributed by atoms with Crippen molar-refractivity contribution in [2.75, 3.05) is 0 Å². The van der Waals surface area contributed by atoms with Crippen molar-refractivity contribution in [2.24, 2.45) is 29.6 Å². The van der Waals surface area contributed by atoms with Crippen molar-refractivity contribution >= 4 is 0 Å². The van der Waals surface area contributed by atoms with Crippen LogP contribution < -0.4 is 0 Å². The maximum atomic E-state index is 2.52. The molecule has 3 aliphatic rings. The normalized spacial score (nSPS) is 49.0. The lowest BCUT2D eigenvalue weighted by molar-refractivity contribution is 0.148. The molecular weight excluding hydrogens is 184 g/mol. The molecule has 0 aromatic rings. The zero-order chi connectivity index (χ0) is 9.54. The second-order valence-electron chi connectivity index (χ2n) is 6.18. The van der Waals surface area contributed by atoms with Crippen LogP contribution in [-0.2, 0) is 0 Å². The highest BCUT2D eigenvalue weighted by Gasteiger charge is 2.46. The molecule has 5 atom stereocenters. The fourth-order valence-electron chi connectivity index (χ4n) is 4.91. The molecule has 0 saturated heterocycles. The van der Waals surface area contributed by atoms with E-state index in [1.165, 1.54) is 19.3 Å². The summed E-state index contributed by atoms with van der Waals surface area (Å²) >= 11 is 0. The molecule has 3 aliphatic carbocycles. The molecular formula is C14H26O. The first kappa shape index (κ1) is 11.4. The molecule has 3 saturated carbocycles. The predicted molar refractivity (Wildman–Crippen MR) is 63.7 cm³/mol. The Labute approximate surface area is 93.9 Å². The van der Waals surface area contributed by atoms with Crippen molar-refractivity contribution < 1.29 is 5.48 Å². The first-order valence-electron chi connectivity index (χ1n) is 6.86. The van der Waals surface area contributed by atoms with Crippen LogP contribution in [0, 0.1) is 29.6 Å². The summed E-state index contributed by atoms with van der Waals surface area (Å²) in [6.45, 7) is 2.52. The number of fused-ring (bicyclic) bond motifs is 3. The Morgan fingerprint density at radius 3 is 2.33 bits per heavy atom. The summed E-state index contributed by atoms with van der Waals surface area (Å²) in [5.41, 5.74) is 0. The second-order valence-corrected chi connectivity index (χ2v) is 6.18. The highest BCUT2D eigenvalue weighted by molar-refractivity contribution is 4.96. The van der Waals surface area contributed by atoms with Crippen molar-refractivity contribution in [3.8, 4) is 0 Å². The molecule has 3 rings (SSSR count). The fourth-order valence-corrected chi connectivity index (χ4v) is 4.91. The average molecular weight is 210 g/mol. The molecule has 1 heteroatoms. The van der Waals surface area contributed by atoms with Gasteiger partial charge in [0.1, 0.15) is 0 Å². The molecule has 0 aromatic carbocycles. The standard InChI is InChI=1S/C14H24.H2O/c1-10-5-4-8-13-12-7-3-2-6-11(12)9-14(10)13;/h10-14H,2-9H2,1H3;1H2. The first-order chi connectivity index (χ1) is 6.86. The van der Waals surface area contributed by atoms with Gasteiger partial charge in [-0.05, 0) is 48.9 Å². The van der Waals surface area contributed by atoms with Crippen molar-refractivity contribution in [3.05, 3.63) is 0 Å². The van der Waals surface area contributed by atoms with Crippen molar-refractivity contribution in [1.82, 2.24) is 0 Å². The van der Waals surface area contributed by atoms with Crippen molar-refractivity contribution in [3.63, 3.8) is 0 Å². The van der Waals surface area contributed by atoms with E-state index in [0.29, 0.717) is 0 Å². The molecule has 1 nitrogen and oxygen atoms in total. The zero-order valence-electron chi connectivity index (χ0n) is 10.0. The van der Waals surface area contributed by atoms with Gasteiger partial charge < -0.3 is 5.48 Å². The monoisotopic (exact) mass is 210 g/mol. The molecule has 0 aliphatic heterocycles. The average Bonchev–Trinajstić information content (AvgIpc) is 2.59. The van der Waals surface area contributed by atoms with Gasteiger partial charge >= 0.3 is 0 Å². The summed E-state index contributed by atoms with van der Waals surface area (Å²) in [5, 5.41) is 0. The van der Waals surface area contributed by atoms with Gasteiger partial charge in [-0.15, -0.1) is 0 Å². The first-order valence-corrected chi connectivity index (χ1v) is 6.86. The molecule has 0 bridgehead atoms. The third-order valence-corrected chi connectivity index (χ3v) is 5.57. The largest absolute Gasteiger partial charge is 0.412 e. The molecule has 0 heterocycles. The van der Waals surface area contributed by atoms with Gasteiger partial charge in [0.25, 0.3) is 0 Å². The number of hydrogen-bond acceptors (Lipinski definition) is 0.